The number of hydrogen-bond acceptors (Lipinski definition) is 4. The Hall–Kier alpha value is -2.77. The van der Waals surface area contributed by atoms with E-state index in [4.69, 9.17) is 4.74 Å². The highest BCUT2D eigenvalue weighted by Crippen LogP contribution is 2.48. The topological polar surface area (TPSA) is 60.5 Å². The molecule has 1 N–H and O–H groups in total. The Morgan fingerprint density at radius 3 is 2.46 bits per heavy atom. The van der Waals surface area contributed by atoms with Crippen molar-refractivity contribution in [1.29, 1.82) is 0 Å². The summed E-state index contributed by atoms with van der Waals surface area (Å²) >= 11 is 0. The van der Waals surface area contributed by atoms with Gasteiger partial charge in [0.05, 0.1) is 25.0 Å². The van der Waals surface area contributed by atoms with Crippen LogP contribution in [0, 0.1) is 5.92 Å². The summed E-state index contributed by atoms with van der Waals surface area (Å²) in [5, 5.41) is 2.91. The predicted octanol–water partition coefficient (Wildman–Crippen LogP) is 4.01. The molecule has 0 spiro atoms. The maximum Gasteiger partial charge on any atom is 0.422 e. The lowest BCUT2D eigenvalue weighted by molar-refractivity contribution is -0.153. The molecule has 2 aromatic rings. The fraction of sp³-hybridized carbons (Fsp3) is 0.400. The van der Waals surface area contributed by atoms with Gasteiger partial charge in [-0.2, -0.15) is 13.2 Å². The fourth-order valence-corrected chi connectivity index (χ4v) is 3.00. The van der Waals surface area contributed by atoms with E-state index in [1.165, 1.54) is 12.3 Å². The number of carbonyl (C=O) groups excluding carboxylic acids is 1. The highest BCUT2D eigenvalue weighted by molar-refractivity contribution is 5.83. The molecule has 0 aliphatic heterocycles. The number of rotatable bonds is 7. The van der Waals surface area contributed by atoms with Crippen molar-refractivity contribution in [2.24, 2.45) is 5.92 Å². The molecule has 0 radical (unpaired) electrons. The minimum atomic E-state index is -4.40. The normalized spacial score (nSPS) is 19.6. The third kappa shape index (κ3) is 5.15. The Kier molecular flexibility index (Phi) is 5.76. The second-order valence-corrected chi connectivity index (χ2v) is 6.77. The molecular formula is C20H21F3N2O3. The van der Waals surface area contributed by atoms with Crippen LogP contribution in [-0.4, -0.2) is 30.8 Å². The predicted molar refractivity (Wildman–Crippen MR) is 96.2 cm³/mol. The van der Waals surface area contributed by atoms with E-state index < -0.39 is 12.8 Å². The first-order chi connectivity index (χ1) is 13.3. The Balaban J connectivity index is 1.51. The zero-order valence-corrected chi connectivity index (χ0v) is 15.5. The molecule has 1 saturated carbocycles. The Labute approximate surface area is 160 Å². The van der Waals surface area contributed by atoms with Crippen molar-refractivity contribution < 1.29 is 27.4 Å². The molecule has 1 heterocycles. The van der Waals surface area contributed by atoms with Gasteiger partial charge in [0.25, 0.3) is 0 Å². The number of amides is 1. The number of nitrogens with one attached hydrogen (secondary N) is 1. The highest BCUT2D eigenvalue weighted by atomic mass is 19.4. The maximum atomic E-state index is 12.5. The van der Waals surface area contributed by atoms with Crippen LogP contribution >= 0.6 is 0 Å². The van der Waals surface area contributed by atoms with Crippen LogP contribution in [0.2, 0.25) is 0 Å². The van der Waals surface area contributed by atoms with Gasteiger partial charge in [0.1, 0.15) is 11.5 Å². The monoisotopic (exact) mass is 394 g/mol. The summed E-state index contributed by atoms with van der Waals surface area (Å²) in [6.45, 7) is 0.413. The summed E-state index contributed by atoms with van der Waals surface area (Å²) in [4.78, 5) is 16.5. The van der Waals surface area contributed by atoms with Crippen molar-refractivity contribution in [3.8, 4) is 11.5 Å². The Morgan fingerprint density at radius 2 is 1.89 bits per heavy atom. The molecule has 3 atom stereocenters. The van der Waals surface area contributed by atoms with E-state index in [2.05, 4.69) is 15.0 Å². The number of benzene rings is 1. The van der Waals surface area contributed by atoms with Crippen LogP contribution in [0.5, 0.6) is 11.5 Å². The van der Waals surface area contributed by atoms with Crippen LogP contribution < -0.4 is 14.8 Å². The van der Waals surface area contributed by atoms with E-state index in [-0.39, 0.29) is 29.5 Å². The van der Waals surface area contributed by atoms with Gasteiger partial charge in [-0.3, -0.25) is 9.78 Å². The minimum absolute atomic E-state index is 0.0290. The summed E-state index contributed by atoms with van der Waals surface area (Å²) in [6.07, 6.45) is -2.39. The van der Waals surface area contributed by atoms with Crippen molar-refractivity contribution in [3.05, 3.63) is 53.9 Å². The van der Waals surface area contributed by atoms with E-state index in [1.807, 2.05) is 24.3 Å². The number of aromatic nitrogens is 1. The summed E-state index contributed by atoms with van der Waals surface area (Å²) in [6, 6.07) is 10.3. The average Bonchev–Trinajstić information content (AvgIpc) is 3.47. The fourth-order valence-electron chi connectivity index (χ4n) is 3.00. The van der Waals surface area contributed by atoms with Gasteiger partial charge in [0, 0.05) is 5.92 Å². The molecule has 8 heteroatoms. The number of nitrogens with zero attached hydrogens (tertiary/aromatic N) is 1. The number of hydrogen-bond donors (Lipinski definition) is 1. The molecule has 28 heavy (non-hydrogen) atoms. The molecule has 0 bridgehead atoms. The lowest BCUT2D eigenvalue weighted by atomic mass is 10.1. The first-order valence-electron chi connectivity index (χ1n) is 8.86. The summed E-state index contributed by atoms with van der Waals surface area (Å²) in [5.41, 5.74) is 1.65. The number of ether oxygens (including phenoxy) is 2. The van der Waals surface area contributed by atoms with Crippen molar-refractivity contribution in [2.75, 3.05) is 13.7 Å². The first-order valence-corrected chi connectivity index (χ1v) is 8.86. The quantitative estimate of drug-likeness (QED) is 0.771. The molecule has 1 aromatic heterocycles. The maximum absolute atomic E-state index is 12.5. The molecule has 1 aliphatic carbocycles. The smallest absolute Gasteiger partial charge is 0.422 e. The molecule has 1 aliphatic rings. The van der Waals surface area contributed by atoms with E-state index in [0.717, 1.165) is 17.7 Å². The second-order valence-electron chi connectivity index (χ2n) is 6.77. The van der Waals surface area contributed by atoms with Gasteiger partial charge in [-0.1, -0.05) is 12.1 Å². The van der Waals surface area contributed by atoms with Gasteiger partial charge in [-0.15, -0.1) is 0 Å². The second kappa shape index (κ2) is 8.08. The Bertz CT molecular complexity index is 807. The number of pyridine rings is 1. The van der Waals surface area contributed by atoms with E-state index in [0.29, 0.717) is 5.69 Å². The first kappa shape index (κ1) is 20.0. The Morgan fingerprint density at radius 1 is 1.21 bits per heavy atom. The number of methoxy groups -OCH3 is 1. The SMILES string of the molecule is COc1ccc([C@H]2C[C@@H]2C(=O)N[C@H](C)c2ccc(OCC(F)(F)F)cn2)cc1. The molecular weight excluding hydrogens is 373 g/mol. The number of alkyl halides is 3. The highest BCUT2D eigenvalue weighted by Gasteiger charge is 2.44. The average molecular weight is 394 g/mol. The van der Waals surface area contributed by atoms with E-state index >= 15 is 0 Å². The van der Waals surface area contributed by atoms with Gasteiger partial charge in [-0.05, 0) is 49.1 Å². The van der Waals surface area contributed by atoms with Crippen LogP contribution in [0.3, 0.4) is 0 Å². The molecule has 1 fully saturated rings. The molecule has 3 rings (SSSR count). The summed E-state index contributed by atoms with van der Waals surface area (Å²) < 4.78 is 46.3. The van der Waals surface area contributed by atoms with E-state index in [9.17, 15) is 18.0 Å². The molecule has 5 nitrogen and oxygen atoms in total. The van der Waals surface area contributed by atoms with Gasteiger partial charge in [-0.25, -0.2) is 0 Å². The van der Waals surface area contributed by atoms with Gasteiger partial charge < -0.3 is 14.8 Å². The molecule has 0 unspecified atom stereocenters. The summed E-state index contributed by atoms with van der Waals surface area (Å²) in [7, 11) is 1.60. The van der Waals surface area contributed by atoms with Crippen LogP contribution in [0.15, 0.2) is 42.6 Å². The molecule has 1 amide bonds. The van der Waals surface area contributed by atoms with Gasteiger partial charge >= 0.3 is 6.18 Å². The number of carbonyl (C=O) groups is 1. The lowest BCUT2D eigenvalue weighted by Crippen LogP contribution is -2.29. The van der Waals surface area contributed by atoms with Crippen molar-refractivity contribution in [3.63, 3.8) is 0 Å². The van der Waals surface area contributed by atoms with Crippen LogP contribution in [-0.2, 0) is 4.79 Å². The van der Waals surface area contributed by atoms with Crippen molar-refractivity contribution in [2.45, 2.75) is 31.5 Å². The van der Waals surface area contributed by atoms with Crippen LogP contribution in [0.4, 0.5) is 13.2 Å². The third-order valence-electron chi connectivity index (χ3n) is 4.64. The zero-order valence-electron chi connectivity index (χ0n) is 15.5. The number of halogens is 3. The zero-order chi connectivity index (χ0) is 20.3. The standard InChI is InChI=1S/C20H21F3N2O3/c1-12(18-8-7-15(10-24-18)28-11-20(21,22)23)25-19(26)17-9-16(17)13-3-5-14(27-2)6-4-13/h3-8,10,12,16-17H,9,11H2,1-2H3,(H,25,26)/t12-,16-,17+/m1/s1. The van der Waals surface area contributed by atoms with Gasteiger partial charge in [0.15, 0.2) is 6.61 Å². The van der Waals surface area contributed by atoms with Gasteiger partial charge in [0.2, 0.25) is 5.91 Å². The van der Waals surface area contributed by atoms with Crippen molar-refractivity contribution in [1.82, 2.24) is 10.3 Å². The van der Waals surface area contributed by atoms with Crippen molar-refractivity contribution >= 4 is 5.91 Å². The third-order valence-corrected chi connectivity index (χ3v) is 4.64. The minimum Gasteiger partial charge on any atom is -0.497 e. The molecule has 1 aromatic carbocycles. The molecule has 0 saturated heterocycles. The van der Waals surface area contributed by atoms with Crippen LogP contribution in [0.1, 0.15) is 36.6 Å². The van der Waals surface area contributed by atoms with Crippen LogP contribution in [0.25, 0.3) is 0 Å². The largest absolute Gasteiger partial charge is 0.497 e. The summed E-state index contributed by atoms with van der Waals surface area (Å²) in [5.74, 6) is 0.830. The molecule has 150 valence electrons. The van der Waals surface area contributed by atoms with E-state index in [1.54, 1.807) is 20.1 Å². The lowest BCUT2D eigenvalue weighted by Gasteiger charge is -2.14.